The van der Waals surface area contributed by atoms with Gasteiger partial charge >= 0.3 is 0 Å². The molecular formula is C18H26N2. The van der Waals surface area contributed by atoms with Gasteiger partial charge in [0.15, 0.2) is 0 Å². The van der Waals surface area contributed by atoms with Gasteiger partial charge in [-0.3, -0.25) is 0 Å². The Labute approximate surface area is 122 Å². The van der Waals surface area contributed by atoms with E-state index in [0.29, 0.717) is 13.1 Å². The van der Waals surface area contributed by atoms with Crippen molar-refractivity contribution in [2.45, 2.75) is 40.8 Å². The van der Waals surface area contributed by atoms with Gasteiger partial charge in [0, 0.05) is 13.1 Å². The summed E-state index contributed by atoms with van der Waals surface area (Å²) in [4.78, 5) is 0. The van der Waals surface area contributed by atoms with Crippen LogP contribution >= 0.6 is 0 Å². The molecule has 0 aliphatic rings. The molecule has 0 saturated carbocycles. The summed E-state index contributed by atoms with van der Waals surface area (Å²) < 4.78 is 0. The minimum Gasteiger partial charge on any atom is -0.326 e. The lowest BCUT2D eigenvalue weighted by molar-refractivity contribution is 1.06. The van der Waals surface area contributed by atoms with E-state index < -0.39 is 0 Å². The number of benzene rings is 2. The third kappa shape index (κ3) is 5.16. The van der Waals surface area contributed by atoms with Crippen LogP contribution in [0.1, 0.15) is 33.4 Å². The second-order valence-corrected chi connectivity index (χ2v) is 5.32. The SMILES string of the molecule is Cc1cc(C)cc(CN)c1.Cc1ccc(CN)cc1C. The van der Waals surface area contributed by atoms with E-state index in [1.165, 1.54) is 33.4 Å². The van der Waals surface area contributed by atoms with Crippen LogP contribution in [-0.4, -0.2) is 0 Å². The molecule has 0 bridgehead atoms. The van der Waals surface area contributed by atoms with Crippen molar-refractivity contribution in [3.05, 3.63) is 69.8 Å². The smallest absolute Gasteiger partial charge is 0.0178 e. The highest BCUT2D eigenvalue weighted by molar-refractivity contribution is 5.29. The first-order valence-electron chi connectivity index (χ1n) is 6.99. The lowest BCUT2D eigenvalue weighted by atomic mass is 10.1. The average Bonchev–Trinajstić information content (AvgIpc) is 2.41. The molecule has 0 saturated heterocycles. The minimum absolute atomic E-state index is 0.640. The molecule has 0 unspecified atom stereocenters. The second-order valence-electron chi connectivity index (χ2n) is 5.32. The van der Waals surface area contributed by atoms with Gasteiger partial charge in [0.25, 0.3) is 0 Å². The number of rotatable bonds is 2. The largest absolute Gasteiger partial charge is 0.326 e. The first-order valence-corrected chi connectivity index (χ1v) is 6.99. The van der Waals surface area contributed by atoms with Gasteiger partial charge in [0.2, 0.25) is 0 Å². The number of hydrogen-bond donors (Lipinski definition) is 2. The normalized spacial score (nSPS) is 9.90. The molecule has 2 heteroatoms. The molecule has 2 aromatic rings. The van der Waals surface area contributed by atoms with Crippen molar-refractivity contribution in [3.63, 3.8) is 0 Å². The molecule has 0 aliphatic carbocycles. The molecule has 0 spiro atoms. The Bertz CT molecular complexity index is 539. The highest BCUT2D eigenvalue weighted by atomic mass is 14.5. The fourth-order valence-electron chi connectivity index (χ4n) is 2.12. The average molecular weight is 270 g/mol. The Morgan fingerprint density at radius 1 is 0.650 bits per heavy atom. The Morgan fingerprint density at radius 3 is 1.65 bits per heavy atom. The maximum Gasteiger partial charge on any atom is 0.0178 e. The van der Waals surface area contributed by atoms with Crippen molar-refractivity contribution < 1.29 is 0 Å². The first kappa shape index (κ1) is 16.4. The minimum atomic E-state index is 0.640. The predicted octanol–water partition coefficient (Wildman–Crippen LogP) is 3.52. The first-order chi connectivity index (χ1) is 9.46. The van der Waals surface area contributed by atoms with Crippen LogP contribution in [-0.2, 0) is 13.1 Å². The standard InChI is InChI=1S/2C9H13N/c1-7-3-8(2)5-9(4-7)6-10;1-7-3-4-9(6-10)5-8(7)2/h2*3-5H,6,10H2,1-2H3. The zero-order chi connectivity index (χ0) is 15.1. The fourth-order valence-corrected chi connectivity index (χ4v) is 2.12. The summed E-state index contributed by atoms with van der Waals surface area (Å²) in [6.07, 6.45) is 0. The third-order valence-electron chi connectivity index (χ3n) is 3.32. The van der Waals surface area contributed by atoms with E-state index >= 15 is 0 Å². The van der Waals surface area contributed by atoms with Gasteiger partial charge < -0.3 is 11.5 Å². The van der Waals surface area contributed by atoms with Gasteiger partial charge in [-0.25, -0.2) is 0 Å². The van der Waals surface area contributed by atoms with Gasteiger partial charge in [-0.1, -0.05) is 47.5 Å². The quantitative estimate of drug-likeness (QED) is 0.877. The summed E-state index contributed by atoms with van der Waals surface area (Å²) in [5, 5.41) is 0. The Morgan fingerprint density at radius 2 is 1.20 bits per heavy atom. The highest BCUT2D eigenvalue weighted by Gasteiger charge is 1.92. The maximum atomic E-state index is 5.49. The second kappa shape index (κ2) is 7.83. The summed E-state index contributed by atoms with van der Waals surface area (Å²) in [5.41, 5.74) is 18.6. The lowest BCUT2D eigenvalue weighted by Crippen LogP contribution is -1.96. The van der Waals surface area contributed by atoms with Gasteiger partial charge in [0.05, 0.1) is 0 Å². The molecule has 0 radical (unpaired) electrons. The summed E-state index contributed by atoms with van der Waals surface area (Å²) in [6, 6.07) is 12.7. The van der Waals surface area contributed by atoms with Gasteiger partial charge in [-0.05, 0) is 49.9 Å². The molecular weight excluding hydrogens is 244 g/mol. The predicted molar refractivity (Wildman–Crippen MR) is 87.6 cm³/mol. The molecule has 0 atom stereocenters. The molecule has 0 fully saturated rings. The van der Waals surface area contributed by atoms with Crippen LogP contribution in [0.5, 0.6) is 0 Å². The molecule has 4 N–H and O–H groups in total. The number of nitrogens with two attached hydrogens (primary N) is 2. The molecule has 2 rings (SSSR count). The van der Waals surface area contributed by atoms with Crippen LogP contribution < -0.4 is 11.5 Å². The van der Waals surface area contributed by atoms with E-state index in [2.05, 4.69) is 64.1 Å². The van der Waals surface area contributed by atoms with Crippen molar-refractivity contribution in [3.8, 4) is 0 Å². The molecule has 2 nitrogen and oxygen atoms in total. The maximum absolute atomic E-state index is 5.49. The van der Waals surface area contributed by atoms with Crippen molar-refractivity contribution in [2.75, 3.05) is 0 Å². The topological polar surface area (TPSA) is 52.0 Å². The Balaban J connectivity index is 0.000000200. The zero-order valence-electron chi connectivity index (χ0n) is 13.0. The van der Waals surface area contributed by atoms with Crippen molar-refractivity contribution >= 4 is 0 Å². The summed E-state index contributed by atoms with van der Waals surface area (Å²) in [5.74, 6) is 0. The summed E-state index contributed by atoms with van der Waals surface area (Å²) in [6.45, 7) is 9.67. The van der Waals surface area contributed by atoms with Crippen LogP contribution in [0, 0.1) is 27.7 Å². The Kier molecular flexibility index (Phi) is 6.43. The van der Waals surface area contributed by atoms with E-state index in [4.69, 9.17) is 11.5 Å². The summed E-state index contributed by atoms with van der Waals surface area (Å²) >= 11 is 0. The van der Waals surface area contributed by atoms with Crippen LogP contribution in [0.15, 0.2) is 36.4 Å². The number of aryl methyl sites for hydroxylation is 4. The van der Waals surface area contributed by atoms with E-state index in [0.717, 1.165) is 0 Å². The van der Waals surface area contributed by atoms with Crippen LogP contribution in [0.4, 0.5) is 0 Å². The lowest BCUT2D eigenvalue weighted by Gasteiger charge is -2.01. The Hall–Kier alpha value is -1.64. The van der Waals surface area contributed by atoms with E-state index in [1.807, 2.05) is 0 Å². The highest BCUT2D eigenvalue weighted by Crippen LogP contribution is 2.08. The molecule has 108 valence electrons. The van der Waals surface area contributed by atoms with E-state index in [-0.39, 0.29) is 0 Å². The molecule has 2 aromatic carbocycles. The molecule has 0 aromatic heterocycles. The molecule has 0 heterocycles. The van der Waals surface area contributed by atoms with Crippen molar-refractivity contribution in [1.29, 1.82) is 0 Å². The zero-order valence-corrected chi connectivity index (χ0v) is 13.0. The van der Waals surface area contributed by atoms with Crippen molar-refractivity contribution in [1.82, 2.24) is 0 Å². The molecule has 0 amide bonds. The van der Waals surface area contributed by atoms with Crippen LogP contribution in [0.3, 0.4) is 0 Å². The van der Waals surface area contributed by atoms with E-state index in [1.54, 1.807) is 0 Å². The number of hydrogen-bond acceptors (Lipinski definition) is 2. The van der Waals surface area contributed by atoms with Crippen LogP contribution in [0.2, 0.25) is 0 Å². The third-order valence-corrected chi connectivity index (χ3v) is 3.32. The molecule has 0 aliphatic heterocycles. The summed E-state index contributed by atoms with van der Waals surface area (Å²) in [7, 11) is 0. The van der Waals surface area contributed by atoms with Crippen molar-refractivity contribution in [2.24, 2.45) is 11.5 Å². The molecule has 20 heavy (non-hydrogen) atoms. The van der Waals surface area contributed by atoms with E-state index in [9.17, 15) is 0 Å². The van der Waals surface area contributed by atoms with Gasteiger partial charge in [0.1, 0.15) is 0 Å². The van der Waals surface area contributed by atoms with Crippen LogP contribution in [0.25, 0.3) is 0 Å². The monoisotopic (exact) mass is 270 g/mol. The fraction of sp³-hybridized carbons (Fsp3) is 0.333. The van der Waals surface area contributed by atoms with Gasteiger partial charge in [-0.2, -0.15) is 0 Å². The van der Waals surface area contributed by atoms with Gasteiger partial charge in [-0.15, -0.1) is 0 Å².